The molecule has 1 fully saturated rings. The third-order valence-corrected chi connectivity index (χ3v) is 4.73. The minimum atomic E-state index is -5.08. The lowest BCUT2D eigenvalue weighted by molar-refractivity contribution is -1.08. The monoisotopic (exact) mass is 389 g/mol. The maximum atomic E-state index is 13.7. The molecule has 0 bridgehead atoms. The molecule has 27 heavy (non-hydrogen) atoms. The fourth-order valence-electron chi connectivity index (χ4n) is 3.32. The molecule has 0 spiro atoms. The van der Waals surface area contributed by atoms with Gasteiger partial charge in [-0.25, -0.2) is 9.18 Å². The molecule has 1 aliphatic rings. The number of hydrogen-bond donors (Lipinski definition) is 1. The SMILES string of the molecule is CC[N+]1(OC(=O)C(F)(F)F)CCC(n2cc3cc(F)cc(C(N)=O)c3n2)C1. The Morgan fingerprint density at radius 1 is 1.41 bits per heavy atom. The van der Waals surface area contributed by atoms with Gasteiger partial charge >= 0.3 is 12.1 Å². The van der Waals surface area contributed by atoms with Crippen molar-refractivity contribution in [2.45, 2.75) is 25.6 Å². The smallest absolute Gasteiger partial charge is 0.366 e. The van der Waals surface area contributed by atoms with E-state index in [1.54, 1.807) is 6.92 Å². The molecule has 7 nitrogen and oxygen atoms in total. The number of hydrogen-bond acceptors (Lipinski definition) is 4. The van der Waals surface area contributed by atoms with Crippen molar-refractivity contribution < 1.29 is 36.6 Å². The number of carbonyl (C=O) groups is 2. The zero-order valence-electron chi connectivity index (χ0n) is 14.3. The number of primary amides is 1. The third kappa shape index (κ3) is 3.59. The third-order valence-electron chi connectivity index (χ3n) is 4.73. The first-order chi connectivity index (χ1) is 12.5. The molecule has 2 heterocycles. The predicted octanol–water partition coefficient (Wildman–Crippen LogP) is 2.08. The number of likely N-dealkylation sites (N-methyl/N-ethyl adjacent to an activating group) is 1. The lowest BCUT2D eigenvalue weighted by atomic mass is 10.1. The van der Waals surface area contributed by atoms with Gasteiger partial charge in [-0.15, -0.1) is 4.65 Å². The topological polar surface area (TPSA) is 87.2 Å². The average Bonchev–Trinajstić information content (AvgIpc) is 3.17. The molecule has 11 heteroatoms. The number of halogens is 4. The first-order valence-electron chi connectivity index (χ1n) is 8.20. The Balaban J connectivity index is 1.89. The van der Waals surface area contributed by atoms with E-state index in [2.05, 4.69) is 5.10 Å². The van der Waals surface area contributed by atoms with Crippen LogP contribution in [-0.2, 0) is 9.63 Å². The van der Waals surface area contributed by atoms with Crippen molar-refractivity contribution in [3.63, 3.8) is 0 Å². The Morgan fingerprint density at radius 3 is 2.70 bits per heavy atom. The second-order valence-electron chi connectivity index (χ2n) is 6.46. The molecule has 2 unspecified atom stereocenters. The summed E-state index contributed by atoms with van der Waals surface area (Å²) >= 11 is 0. The van der Waals surface area contributed by atoms with Crippen molar-refractivity contribution >= 4 is 22.8 Å². The molecule has 1 saturated heterocycles. The number of alkyl halides is 3. The van der Waals surface area contributed by atoms with Crippen LogP contribution in [0.5, 0.6) is 0 Å². The first-order valence-corrected chi connectivity index (χ1v) is 8.20. The van der Waals surface area contributed by atoms with Crippen LogP contribution in [0.25, 0.3) is 10.9 Å². The van der Waals surface area contributed by atoms with Gasteiger partial charge in [-0.05, 0) is 19.1 Å². The lowest BCUT2D eigenvalue weighted by Gasteiger charge is -2.29. The highest BCUT2D eigenvalue weighted by atomic mass is 19.4. The number of fused-ring (bicyclic) bond motifs is 1. The van der Waals surface area contributed by atoms with Crippen molar-refractivity contribution in [1.29, 1.82) is 0 Å². The van der Waals surface area contributed by atoms with Crippen molar-refractivity contribution in [1.82, 2.24) is 9.78 Å². The number of hydroxylamine groups is 3. The quantitative estimate of drug-likeness (QED) is 0.641. The van der Waals surface area contributed by atoms with E-state index in [-0.39, 0.29) is 36.8 Å². The van der Waals surface area contributed by atoms with Gasteiger partial charge < -0.3 is 5.73 Å². The second-order valence-corrected chi connectivity index (χ2v) is 6.46. The molecule has 0 aliphatic carbocycles. The number of aromatic nitrogens is 2. The summed E-state index contributed by atoms with van der Waals surface area (Å²) in [5, 5.41) is 4.61. The number of nitrogens with zero attached hydrogens (tertiary/aromatic N) is 3. The zero-order valence-corrected chi connectivity index (χ0v) is 14.3. The van der Waals surface area contributed by atoms with Gasteiger partial charge in [-0.3, -0.25) is 14.3 Å². The van der Waals surface area contributed by atoms with Crippen LogP contribution in [-0.4, -0.2) is 52.1 Å². The Bertz CT molecular complexity index is 911. The predicted molar refractivity (Wildman–Crippen MR) is 84.5 cm³/mol. The number of rotatable bonds is 4. The molecule has 2 atom stereocenters. The molecule has 0 saturated carbocycles. The molecule has 3 rings (SSSR count). The molecule has 1 amide bonds. The van der Waals surface area contributed by atoms with Crippen molar-refractivity contribution in [2.24, 2.45) is 5.73 Å². The summed E-state index contributed by atoms with van der Waals surface area (Å²) in [4.78, 5) is 27.5. The summed E-state index contributed by atoms with van der Waals surface area (Å²) in [7, 11) is 0. The van der Waals surface area contributed by atoms with Gasteiger partial charge in [0, 0.05) is 18.0 Å². The molecular formula is C16H17F4N4O3+. The van der Waals surface area contributed by atoms with Gasteiger partial charge in [0.1, 0.15) is 37.0 Å². The van der Waals surface area contributed by atoms with Gasteiger partial charge in [0.2, 0.25) is 0 Å². The number of likely N-dealkylation sites (tertiary alicyclic amines) is 1. The summed E-state index contributed by atoms with van der Waals surface area (Å²) in [6, 6.07) is 1.78. The van der Waals surface area contributed by atoms with Crippen LogP contribution in [0.1, 0.15) is 29.7 Å². The second kappa shape index (κ2) is 6.48. The number of amides is 1. The molecule has 1 aromatic heterocycles. The fourth-order valence-corrected chi connectivity index (χ4v) is 3.32. The van der Waals surface area contributed by atoms with E-state index in [0.717, 1.165) is 6.07 Å². The molecule has 1 aliphatic heterocycles. The minimum Gasteiger partial charge on any atom is -0.366 e. The van der Waals surface area contributed by atoms with E-state index >= 15 is 0 Å². The highest BCUT2D eigenvalue weighted by molar-refractivity contribution is 6.04. The molecule has 2 N–H and O–H groups in total. The van der Waals surface area contributed by atoms with Crippen LogP contribution < -0.4 is 5.73 Å². The van der Waals surface area contributed by atoms with E-state index in [4.69, 9.17) is 10.6 Å². The van der Waals surface area contributed by atoms with Gasteiger partial charge in [-0.2, -0.15) is 18.3 Å². The van der Waals surface area contributed by atoms with Crippen molar-refractivity contribution in [3.8, 4) is 0 Å². The van der Waals surface area contributed by atoms with E-state index < -0.39 is 28.5 Å². The number of carbonyl (C=O) groups excluding carboxylic acids is 2. The summed E-state index contributed by atoms with van der Waals surface area (Å²) in [5.41, 5.74) is 5.37. The lowest BCUT2D eigenvalue weighted by Crippen LogP contribution is -2.50. The molecule has 1 aromatic carbocycles. The Labute approximate surface area is 150 Å². The van der Waals surface area contributed by atoms with Gasteiger partial charge in [-0.1, -0.05) is 0 Å². The van der Waals surface area contributed by atoms with Crippen LogP contribution in [0.3, 0.4) is 0 Å². The van der Waals surface area contributed by atoms with E-state index in [1.165, 1.54) is 16.9 Å². The fraction of sp³-hybridized carbons (Fsp3) is 0.438. The van der Waals surface area contributed by atoms with Crippen molar-refractivity contribution in [3.05, 3.63) is 29.7 Å². The van der Waals surface area contributed by atoms with E-state index in [1.807, 2.05) is 0 Å². The van der Waals surface area contributed by atoms with E-state index in [0.29, 0.717) is 11.8 Å². The Morgan fingerprint density at radius 2 is 2.11 bits per heavy atom. The summed E-state index contributed by atoms with van der Waals surface area (Å²) in [6.07, 6.45) is -3.19. The Hall–Kier alpha value is -2.69. The van der Waals surface area contributed by atoms with Crippen LogP contribution in [0.4, 0.5) is 17.6 Å². The summed E-state index contributed by atoms with van der Waals surface area (Å²) < 4.78 is 52.3. The highest BCUT2D eigenvalue weighted by Crippen LogP contribution is 2.32. The molecular weight excluding hydrogens is 372 g/mol. The molecule has 2 aromatic rings. The number of nitrogens with two attached hydrogens (primary N) is 1. The number of quaternary nitrogens is 1. The standard InChI is InChI=1S/C16H16F4N4O3/c1-2-24(27-15(26)16(18,19)20)4-3-11(8-24)23-7-9-5-10(17)6-12(14(21)25)13(9)22-23/h5-7,11H,2-4,8H2,1H3,(H-,21,25)/p+1. The van der Waals surface area contributed by atoms with Gasteiger partial charge in [0.15, 0.2) is 0 Å². The molecule has 0 radical (unpaired) electrons. The maximum absolute atomic E-state index is 13.7. The summed E-state index contributed by atoms with van der Waals surface area (Å²) in [5.74, 6) is -3.73. The average molecular weight is 389 g/mol. The Kier molecular flexibility index (Phi) is 4.58. The van der Waals surface area contributed by atoms with Crippen LogP contribution in [0, 0.1) is 5.82 Å². The molecule has 146 valence electrons. The van der Waals surface area contributed by atoms with Gasteiger partial charge in [0.05, 0.1) is 5.56 Å². The van der Waals surface area contributed by atoms with Crippen LogP contribution >= 0.6 is 0 Å². The largest absolute Gasteiger partial charge is 0.497 e. The summed E-state index contributed by atoms with van der Waals surface area (Å²) in [6.45, 7) is 2.02. The maximum Gasteiger partial charge on any atom is 0.497 e. The first kappa shape index (κ1) is 19.1. The zero-order chi connectivity index (χ0) is 20.0. The van der Waals surface area contributed by atoms with Gasteiger partial charge in [0.25, 0.3) is 5.91 Å². The van der Waals surface area contributed by atoms with E-state index in [9.17, 15) is 27.2 Å². The van der Waals surface area contributed by atoms with Crippen molar-refractivity contribution in [2.75, 3.05) is 19.6 Å². The highest BCUT2D eigenvalue weighted by Gasteiger charge is 2.50. The minimum absolute atomic E-state index is 0.0701. The number of benzene rings is 1. The van der Waals surface area contributed by atoms with Crippen LogP contribution in [0.2, 0.25) is 0 Å². The van der Waals surface area contributed by atoms with Crippen LogP contribution in [0.15, 0.2) is 18.3 Å². The normalized spacial score (nSPS) is 22.9.